The lowest BCUT2D eigenvalue weighted by molar-refractivity contribution is -0.142. The Morgan fingerprint density at radius 2 is 1.80 bits per heavy atom. The molecular weight excluding hydrogens is 318 g/mol. The highest BCUT2D eigenvalue weighted by atomic mass is 16.7. The fourth-order valence-corrected chi connectivity index (χ4v) is 4.31. The van der Waals surface area contributed by atoms with Crippen molar-refractivity contribution in [2.75, 3.05) is 13.1 Å². The number of oxime groups is 1. The van der Waals surface area contributed by atoms with Crippen LogP contribution in [0, 0.1) is 11.8 Å². The molecule has 25 heavy (non-hydrogen) atoms. The van der Waals surface area contributed by atoms with Crippen molar-refractivity contribution in [1.29, 1.82) is 0 Å². The van der Waals surface area contributed by atoms with E-state index in [1.54, 1.807) is 0 Å². The minimum Gasteiger partial charge on any atom is -0.388 e. The third-order valence-electron chi connectivity index (χ3n) is 6.37. The first-order valence-electron chi connectivity index (χ1n) is 9.89. The van der Waals surface area contributed by atoms with Crippen molar-refractivity contribution in [3.63, 3.8) is 0 Å². The number of hydrogen-bond acceptors (Lipinski definition) is 4. The van der Waals surface area contributed by atoms with Crippen molar-refractivity contribution < 1.29 is 14.4 Å². The van der Waals surface area contributed by atoms with E-state index in [1.807, 2.05) is 4.90 Å². The smallest absolute Gasteiger partial charge is 0.269 e. The van der Waals surface area contributed by atoms with Gasteiger partial charge in [0.05, 0.1) is 0 Å². The van der Waals surface area contributed by atoms with E-state index in [0.29, 0.717) is 24.1 Å². The van der Waals surface area contributed by atoms with Gasteiger partial charge >= 0.3 is 0 Å². The zero-order valence-electron chi connectivity index (χ0n) is 15.1. The lowest BCUT2D eigenvalue weighted by Crippen LogP contribution is -2.49. The Labute approximate surface area is 149 Å². The third kappa shape index (κ3) is 3.67. The summed E-state index contributed by atoms with van der Waals surface area (Å²) in [6.07, 6.45) is 8.67. The second-order valence-electron chi connectivity index (χ2n) is 8.52. The zero-order chi connectivity index (χ0) is 17.4. The first-order valence-corrected chi connectivity index (χ1v) is 9.89. The molecule has 138 valence electrons. The van der Waals surface area contributed by atoms with Crippen molar-refractivity contribution in [3.05, 3.63) is 0 Å². The Morgan fingerprint density at radius 1 is 1.12 bits per heavy atom. The van der Waals surface area contributed by atoms with Gasteiger partial charge < -0.3 is 15.1 Å². The molecule has 0 atom stereocenters. The first kappa shape index (κ1) is 16.9. The van der Waals surface area contributed by atoms with E-state index in [9.17, 15) is 9.59 Å². The summed E-state index contributed by atoms with van der Waals surface area (Å²) in [5.41, 5.74) is 0.154. The summed E-state index contributed by atoms with van der Waals surface area (Å²) in [4.78, 5) is 32.6. The molecule has 0 radical (unpaired) electrons. The molecule has 1 N–H and O–H groups in total. The average molecular weight is 347 g/mol. The van der Waals surface area contributed by atoms with E-state index in [0.717, 1.165) is 57.5 Å². The van der Waals surface area contributed by atoms with Crippen LogP contribution in [0.3, 0.4) is 0 Å². The highest BCUT2D eigenvalue weighted by Gasteiger charge is 2.45. The first-order chi connectivity index (χ1) is 12.0. The number of piperidine rings is 1. The minimum absolute atomic E-state index is 0.0748. The molecule has 0 bridgehead atoms. The second kappa shape index (κ2) is 6.61. The van der Waals surface area contributed by atoms with Gasteiger partial charge in [0.2, 0.25) is 5.91 Å². The van der Waals surface area contributed by atoms with Crippen LogP contribution in [-0.2, 0) is 14.4 Å². The number of rotatable bonds is 3. The lowest BCUT2D eigenvalue weighted by atomic mass is 9.81. The van der Waals surface area contributed by atoms with Crippen LogP contribution in [0.5, 0.6) is 0 Å². The Kier molecular flexibility index (Phi) is 4.46. The molecular formula is C19H29N3O3. The number of amides is 2. The fourth-order valence-electron chi connectivity index (χ4n) is 4.31. The van der Waals surface area contributed by atoms with E-state index in [1.165, 1.54) is 12.8 Å². The highest BCUT2D eigenvalue weighted by Crippen LogP contribution is 2.36. The summed E-state index contributed by atoms with van der Waals surface area (Å²) in [5.74, 6) is 1.23. The Morgan fingerprint density at radius 3 is 2.44 bits per heavy atom. The molecule has 4 aliphatic rings. The van der Waals surface area contributed by atoms with Crippen LogP contribution in [0.1, 0.15) is 64.7 Å². The van der Waals surface area contributed by atoms with E-state index in [2.05, 4.69) is 17.4 Å². The van der Waals surface area contributed by atoms with Gasteiger partial charge in [-0.2, -0.15) is 0 Å². The maximum Gasteiger partial charge on any atom is 0.269 e. The number of nitrogens with zero attached hydrogens (tertiary/aromatic N) is 2. The topological polar surface area (TPSA) is 71.0 Å². The van der Waals surface area contributed by atoms with Crippen LogP contribution in [-0.4, -0.2) is 47.2 Å². The molecule has 0 unspecified atom stereocenters. The number of likely N-dealkylation sites (tertiary alicyclic amines) is 1. The molecule has 2 aliphatic carbocycles. The van der Waals surface area contributed by atoms with E-state index < -0.39 is 0 Å². The molecule has 2 heterocycles. The number of carbonyl (C=O) groups excluding carboxylic acids is 2. The van der Waals surface area contributed by atoms with Crippen LogP contribution in [0.4, 0.5) is 0 Å². The molecule has 0 aromatic rings. The molecule has 1 saturated heterocycles. The standard InChI is InChI=1S/C19H29N3O3/c1-13-2-4-14(5-3-13)18(24)22-10-8-19(9-11-22)12-16(21-25-19)17(23)20-15-6-7-15/h13-15H,2-12H2,1H3,(H,20,23). The van der Waals surface area contributed by atoms with Gasteiger partial charge in [0.25, 0.3) is 5.91 Å². The summed E-state index contributed by atoms with van der Waals surface area (Å²) in [6, 6.07) is 0.337. The van der Waals surface area contributed by atoms with Crippen molar-refractivity contribution >= 4 is 17.5 Å². The maximum absolute atomic E-state index is 12.8. The monoisotopic (exact) mass is 347 g/mol. The molecule has 6 heteroatoms. The Hall–Kier alpha value is -1.59. The number of carbonyl (C=O) groups is 2. The molecule has 1 spiro atoms. The van der Waals surface area contributed by atoms with Gasteiger partial charge in [-0.25, -0.2) is 0 Å². The predicted octanol–water partition coefficient (Wildman–Crippen LogP) is 2.23. The largest absolute Gasteiger partial charge is 0.388 e. The SMILES string of the molecule is CC1CCC(C(=O)N2CCC3(CC2)CC(C(=O)NC2CC2)=NO3)CC1. The number of nitrogens with one attached hydrogen (secondary N) is 1. The number of hydrogen-bond donors (Lipinski definition) is 1. The van der Waals surface area contributed by atoms with Crippen molar-refractivity contribution in [2.24, 2.45) is 17.0 Å². The quantitative estimate of drug-likeness (QED) is 0.851. The van der Waals surface area contributed by atoms with Crippen LogP contribution in [0.25, 0.3) is 0 Å². The molecule has 4 rings (SSSR count). The van der Waals surface area contributed by atoms with Crippen LogP contribution < -0.4 is 5.32 Å². The summed E-state index contributed by atoms with van der Waals surface area (Å²) >= 11 is 0. The highest BCUT2D eigenvalue weighted by molar-refractivity contribution is 6.39. The predicted molar refractivity (Wildman–Crippen MR) is 94.0 cm³/mol. The van der Waals surface area contributed by atoms with Crippen molar-refractivity contribution in [3.8, 4) is 0 Å². The van der Waals surface area contributed by atoms with Gasteiger partial charge in [0.15, 0.2) is 0 Å². The van der Waals surface area contributed by atoms with Gasteiger partial charge in [0.1, 0.15) is 11.3 Å². The van der Waals surface area contributed by atoms with E-state index >= 15 is 0 Å². The Balaban J connectivity index is 1.27. The summed E-state index contributed by atoms with van der Waals surface area (Å²) in [5, 5.41) is 7.04. The summed E-state index contributed by atoms with van der Waals surface area (Å²) in [7, 11) is 0. The van der Waals surface area contributed by atoms with Gasteiger partial charge in [0, 0.05) is 44.3 Å². The van der Waals surface area contributed by atoms with Crippen LogP contribution in [0.2, 0.25) is 0 Å². The minimum atomic E-state index is -0.367. The normalized spacial score (nSPS) is 31.4. The average Bonchev–Trinajstić information content (AvgIpc) is 3.34. The maximum atomic E-state index is 12.8. The van der Waals surface area contributed by atoms with Gasteiger partial charge in [-0.05, 0) is 44.4 Å². The van der Waals surface area contributed by atoms with E-state index in [-0.39, 0.29) is 17.4 Å². The third-order valence-corrected chi connectivity index (χ3v) is 6.37. The second-order valence-corrected chi connectivity index (χ2v) is 8.52. The van der Waals surface area contributed by atoms with Crippen molar-refractivity contribution in [1.82, 2.24) is 10.2 Å². The molecule has 2 amide bonds. The summed E-state index contributed by atoms with van der Waals surface area (Å²) < 4.78 is 0. The molecule has 2 saturated carbocycles. The molecule has 0 aromatic heterocycles. The van der Waals surface area contributed by atoms with E-state index in [4.69, 9.17) is 4.84 Å². The molecule has 3 fully saturated rings. The molecule has 0 aromatic carbocycles. The van der Waals surface area contributed by atoms with Crippen LogP contribution in [0.15, 0.2) is 5.16 Å². The summed E-state index contributed by atoms with van der Waals surface area (Å²) in [6.45, 7) is 3.72. The Bertz CT molecular complexity index is 568. The van der Waals surface area contributed by atoms with Crippen molar-refractivity contribution in [2.45, 2.75) is 76.4 Å². The van der Waals surface area contributed by atoms with Gasteiger partial charge in [-0.3, -0.25) is 9.59 Å². The zero-order valence-corrected chi connectivity index (χ0v) is 15.1. The molecule has 6 nitrogen and oxygen atoms in total. The fraction of sp³-hybridized carbons (Fsp3) is 0.842. The lowest BCUT2D eigenvalue weighted by Gasteiger charge is -2.39. The van der Waals surface area contributed by atoms with Gasteiger partial charge in [-0.1, -0.05) is 12.1 Å². The molecule has 2 aliphatic heterocycles. The van der Waals surface area contributed by atoms with Gasteiger partial charge in [-0.15, -0.1) is 0 Å². The van der Waals surface area contributed by atoms with Crippen LogP contribution >= 0.6 is 0 Å².